The molecule has 4 amide bonds. The van der Waals surface area contributed by atoms with E-state index in [4.69, 9.17) is 22.3 Å². The molecule has 29 heavy (non-hydrogen) atoms. The zero-order valence-corrected chi connectivity index (χ0v) is 16.2. The van der Waals surface area contributed by atoms with E-state index in [2.05, 4.69) is 16.0 Å². The molecule has 0 aliphatic carbocycles. The summed E-state index contributed by atoms with van der Waals surface area (Å²) >= 11 is 0. The minimum Gasteiger partial charge on any atom is -0.480 e. The summed E-state index contributed by atoms with van der Waals surface area (Å²) < 4.78 is 0. The Hall–Kier alpha value is -2.77. The van der Waals surface area contributed by atoms with Crippen molar-refractivity contribution >= 4 is 29.6 Å². The molecule has 0 radical (unpaired) electrons. The van der Waals surface area contributed by atoms with Gasteiger partial charge in [0.05, 0.1) is 13.0 Å². The number of nitrogens with one attached hydrogen (secondary N) is 3. The number of primary amides is 1. The molecule has 0 aromatic heterocycles. The number of carboxylic acids is 1. The van der Waals surface area contributed by atoms with Gasteiger partial charge in [-0.1, -0.05) is 0 Å². The van der Waals surface area contributed by atoms with Crippen LogP contribution in [0.4, 0.5) is 0 Å². The third kappa shape index (κ3) is 10.4. The standard InChI is InChI=1S/C16H30N6O7/c1-8(13(25)21-10(16(28)29)4-2-3-5-17)20-15(27)11(6-12(19)24)22-14(26)9(18)7-23/h8-11,23H,2-7,17-18H2,1H3,(H2,19,24)(H,20,27)(H,21,25)(H,22,26)(H,28,29). The van der Waals surface area contributed by atoms with Crippen LogP contribution < -0.4 is 33.2 Å². The highest BCUT2D eigenvalue weighted by molar-refractivity contribution is 5.95. The van der Waals surface area contributed by atoms with Gasteiger partial charge in [0.1, 0.15) is 24.2 Å². The highest BCUT2D eigenvalue weighted by Gasteiger charge is 2.29. The summed E-state index contributed by atoms with van der Waals surface area (Å²) in [4.78, 5) is 58.7. The van der Waals surface area contributed by atoms with Gasteiger partial charge in [-0.15, -0.1) is 0 Å². The van der Waals surface area contributed by atoms with Crippen molar-refractivity contribution in [2.24, 2.45) is 17.2 Å². The van der Waals surface area contributed by atoms with Gasteiger partial charge in [0.15, 0.2) is 0 Å². The Morgan fingerprint density at radius 1 is 0.931 bits per heavy atom. The van der Waals surface area contributed by atoms with Crippen molar-refractivity contribution in [1.29, 1.82) is 0 Å². The van der Waals surface area contributed by atoms with Crippen LogP contribution in [0, 0.1) is 0 Å². The number of aliphatic hydroxyl groups excluding tert-OH is 1. The van der Waals surface area contributed by atoms with E-state index in [0.29, 0.717) is 19.4 Å². The van der Waals surface area contributed by atoms with E-state index < -0.39 is 66.8 Å². The number of amides is 4. The molecule has 0 heterocycles. The summed E-state index contributed by atoms with van der Waals surface area (Å²) in [5.74, 6) is -4.69. The molecule has 4 atom stereocenters. The van der Waals surface area contributed by atoms with Crippen LogP contribution in [0.15, 0.2) is 0 Å². The highest BCUT2D eigenvalue weighted by atomic mass is 16.4. The fourth-order valence-electron chi connectivity index (χ4n) is 2.20. The maximum absolute atomic E-state index is 12.3. The van der Waals surface area contributed by atoms with E-state index in [0.717, 1.165) is 0 Å². The van der Waals surface area contributed by atoms with Gasteiger partial charge >= 0.3 is 5.97 Å². The number of carboxylic acid groups (broad SMARTS) is 1. The van der Waals surface area contributed by atoms with Crippen LogP contribution >= 0.6 is 0 Å². The third-order valence-electron chi connectivity index (χ3n) is 3.89. The zero-order valence-electron chi connectivity index (χ0n) is 16.2. The number of carbonyl (C=O) groups excluding carboxylic acids is 4. The van der Waals surface area contributed by atoms with Gasteiger partial charge in [-0.2, -0.15) is 0 Å². The van der Waals surface area contributed by atoms with E-state index in [9.17, 15) is 29.1 Å². The molecule has 166 valence electrons. The molecule has 0 rings (SSSR count). The summed E-state index contributed by atoms with van der Waals surface area (Å²) in [6.07, 6.45) is 0.683. The Morgan fingerprint density at radius 2 is 1.52 bits per heavy atom. The van der Waals surface area contributed by atoms with E-state index in [1.54, 1.807) is 0 Å². The van der Waals surface area contributed by atoms with Crippen LogP contribution in [0.5, 0.6) is 0 Å². The Kier molecular flexibility index (Phi) is 12.1. The molecule has 0 fully saturated rings. The van der Waals surface area contributed by atoms with Crippen LogP contribution in [0.1, 0.15) is 32.6 Å². The Bertz CT molecular complexity index is 600. The molecule has 0 aliphatic rings. The summed E-state index contributed by atoms with van der Waals surface area (Å²) in [5.41, 5.74) is 15.8. The second kappa shape index (κ2) is 13.4. The van der Waals surface area contributed by atoms with Crippen LogP contribution in [0.3, 0.4) is 0 Å². The van der Waals surface area contributed by atoms with Crippen molar-refractivity contribution in [2.75, 3.05) is 13.2 Å². The van der Waals surface area contributed by atoms with Gasteiger partial charge in [-0.05, 0) is 32.7 Å². The van der Waals surface area contributed by atoms with E-state index in [1.165, 1.54) is 6.92 Å². The molecule has 0 bridgehead atoms. The monoisotopic (exact) mass is 418 g/mol. The van der Waals surface area contributed by atoms with Crippen LogP contribution in [0.2, 0.25) is 0 Å². The first-order valence-corrected chi connectivity index (χ1v) is 9.02. The van der Waals surface area contributed by atoms with Crippen molar-refractivity contribution in [3.05, 3.63) is 0 Å². The largest absolute Gasteiger partial charge is 0.480 e. The van der Waals surface area contributed by atoms with Crippen LogP contribution in [0.25, 0.3) is 0 Å². The lowest BCUT2D eigenvalue weighted by molar-refractivity contribution is -0.142. The number of unbranched alkanes of at least 4 members (excludes halogenated alkanes) is 1. The fourth-order valence-corrected chi connectivity index (χ4v) is 2.20. The van der Waals surface area contributed by atoms with Crippen molar-refractivity contribution in [2.45, 2.75) is 56.8 Å². The molecule has 11 N–H and O–H groups in total. The van der Waals surface area contributed by atoms with Crippen molar-refractivity contribution in [3.63, 3.8) is 0 Å². The SMILES string of the molecule is CC(NC(=O)C(CC(N)=O)NC(=O)C(N)CO)C(=O)NC(CCCCN)C(=O)O. The predicted octanol–water partition coefficient (Wildman–Crippen LogP) is -4.13. The first-order valence-electron chi connectivity index (χ1n) is 9.02. The molecule has 0 aromatic rings. The van der Waals surface area contributed by atoms with Crippen molar-refractivity contribution < 1.29 is 34.2 Å². The molecular formula is C16H30N6O7. The third-order valence-corrected chi connectivity index (χ3v) is 3.89. The maximum Gasteiger partial charge on any atom is 0.326 e. The topological polar surface area (TPSA) is 240 Å². The molecule has 13 heteroatoms. The van der Waals surface area contributed by atoms with Gasteiger partial charge in [0.25, 0.3) is 0 Å². The average Bonchev–Trinajstić information content (AvgIpc) is 2.65. The minimum atomic E-state index is -1.42. The van der Waals surface area contributed by atoms with Gasteiger partial charge < -0.3 is 43.4 Å². The van der Waals surface area contributed by atoms with Gasteiger partial charge in [0, 0.05) is 0 Å². The number of hydrogen-bond acceptors (Lipinski definition) is 8. The number of aliphatic hydroxyl groups is 1. The summed E-state index contributed by atoms with van der Waals surface area (Å²) in [6, 6.07) is -5.06. The molecular weight excluding hydrogens is 388 g/mol. The first kappa shape index (κ1) is 26.2. The second-order valence-electron chi connectivity index (χ2n) is 6.43. The lowest BCUT2D eigenvalue weighted by Crippen LogP contribution is -2.57. The van der Waals surface area contributed by atoms with Gasteiger partial charge in [-0.3, -0.25) is 19.2 Å². The number of rotatable bonds is 14. The van der Waals surface area contributed by atoms with Gasteiger partial charge in [0.2, 0.25) is 23.6 Å². The zero-order chi connectivity index (χ0) is 22.6. The number of nitrogens with two attached hydrogens (primary N) is 3. The number of aliphatic carboxylic acids is 1. The van der Waals surface area contributed by atoms with E-state index in [1.807, 2.05) is 0 Å². The second-order valence-corrected chi connectivity index (χ2v) is 6.43. The summed E-state index contributed by atoms with van der Waals surface area (Å²) in [7, 11) is 0. The number of carbonyl (C=O) groups is 5. The smallest absolute Gasteiger partial charge is 0.326 e. The Labute approximate surface area is 167 Å². The van der Waals surface area contributed by atoms with Gasteiger partial charge in [-0.25, -0.2) is 4.79 Å². The molecule has 4 unspecified atom stereocenters. The minimum absolute atomic E-state index is 0.165. The lowest BCUT2D eigenvalue weighted by atomic mass is 10.1. The summed E-state index contributed by atoms with van der Waals surface area (Å²) in [5, 5.41) is 24.8. The first-order chi connectivity index (χ1) is 13.5. The molecule has 0 aliphatic heterocycles. The van der Waals surface area contributed by atoms with Crippen molar-refractivity contribution in [3.8, 4) is 0 Å². The summed E-state index contributed by atoms with van der Waals surface area (Å²) in [6.45, 7) is 1.00. The van der Waals surface area contributed by atoms with E-state index in [-0.39, 0.29) is 6.42 Å². The van der Waals surface area contributed by atoms with Crippen molar-refractivity contribution in [1.82, 2.24) is 16.0 Å². The Morgan fingerprint density at radius 3 is 2.00 bits per heavy atom. The lowest BCUT2D eigenvalue weighted by Gasteiger charge is -2.22. The van der Waals surface area contributed by atoms with E-state index >= 15 is 0 Å². The number of hydrogen-bond donors (Lipinski definition) is 8. The normalized spacial score (nSPS) is 14.8. The fraction of sp³-hybridized carbons (Fsp3) is 0.688. The quantitative estimate of drug-likeness (QED) is 0.128. The molecule has 13 nitrogen and oxygen atoms in total. The predicted molar refractivity (Wildman–Crippen MR) is 101 cm³/mol. The highest BCUT2D eigenvalue weighted by Crippen LogP contribution is 2.02. The van der Waals surface area contributed by atoms with Crippen LogP contribution in [-0.2, 0) is 24.0 Å². The molecule has 0 spiro atoms. The molecule has 0 saturated heterocycles. The Balaban J connectivity index is 4.95. The average molecular weight is 418 g/mol. The maximum atomic E-state index is 12.3. The molecule has 0 aromatic carbocycles. The molecule has 0 saturated carbocycles. The van der Waals surface area contributed by atoms with Crippen LogP contribution in [-0.4, -0.2) is 77.1 Å².